The van der Waals surface area contributed by atoms with Crippen LogP contribution in [0.4, 0.5) is 0 Å². The number of nitrogens with zero attached hydrogens (tertiary/aromatic N) is 1. The molecule has 144 valence electrons. The van der Waals surface area contributed by atoms with Crippen LogP contribution >= 0.6 is 11.6 Å². The summed E-state index contributed by atoms with van der Waals surface area (Å²) in [6.07, 6.45) is 8.86. The first-order valence-electron chi connectivity index (χ1n) is 9.73. The normalized spacial score (nSPS) is 12.1. The van der Waals surface area contributed by atoms with E-state index in [-0.39, 0.29) is 6.61 Å². The summed E-state index contributed by atoms with van der Waals surface area (Å²) in [6, 6.07) is 16.8. The monoisotopic (exact) mass is 400 g/mol. The maximum absolute atomic E-state index is 9.01. The van der Waals surface area contributed by atoms with Crippen molar-refractivity contribution in [3.63, 3.8) is 0 Å². The van der Waals surface area contributed by atoms with Crippen LogP contribution in [0.5, 0.6) is 0 Å². The first-order valence-corrected chi connectivity index (χ1v) is 10.1. The molecule has 0 aliphatic rings. The van der Waals surface area contributed by atoms with Crippen LogP contribution in [0.1, 0.15) is 12.0 Å². The Morgan fingerprint density at radius 3 is 2.62 bits per heavy atom. The molecule has 0 spiro atoms. The van der Waals surface area contributed by atoms with E-state index in [1.165, 1.54) is 32.6 Å². The Bertz CT molecular complexity index is 1390. The van der Waals surface area contributed by atoms with Crippen LogP contribution in [0.3, 0.4) is 0 Å². The van der Waals surface area contributed by atoms with Crippen LogP contribution in [0, 0.1) is 0 Å². The Morgan fingerprint density at radius 1 is 0.966 bits per heavy atom. The zero-order valence-electron chi connectivity index (χ0n) is 16.1. The third-order valence-corrected chi connectivity index (χ3v) is 5.96. The smallest absolute Gasteiger partial charge is 0.0502 e. The van der Waals surface area contributed by atoms with Gasteiger partial charge in [0.25, 0.3) is 0 Å². The topological polar surface area (TPSA) is 41.0 Å². The van der Waals surface area contributed by atoms with E-state index in [0.29, 0.717) is 6.42 Å². The van der Waals surface area contributed by atoms with Gasteiger partial charge >= 0.3 is 0 Å². The molecule has 4 heteroatoms. The number of aromatic amines is 1. The fourth-order valence-corrected chi connectivity index (χ4v) is 4.47. The molecule has 3 aromatic carbocycles. The third-order valence-electron chi connectivity index (χ3n) is 5.63. The number of nitrogens with one attached hydrogen (secondary N) is 1. The zero-order valence-corrected chi connectivity index (χ0v) is 16.9. The minimum atomic E-state index is 0.170. The molecule has 0 bridgehead atoms. The number of benzene rings is 3. The second kappa shape index (κ2) is 7.11. The number of aryl methyl sites for hydroxylation is 1. The van der Waals surface area contributed by atoms with E-state index in [1.807, 2.05) is 24.3 Å². The molecule has 0 aliphatic carbocycles. The summed E-state index contributed by atoms with van der Waals surface area (Å²) in [4.78, 5) is 3.29. The number of aliphatic hydroxyl groups excluding tert-OH is 1. The summed E-state index contributed by atoms with van der Waals surface area (Å²) in [6.45, 7) is 0.170. The highest BCUT2D eigenvalue weighted by atomic mass is 35.5. The van der Waals surface area contributed by atoms with Crippen LogP contribution in [-0.2, 0) is 7.05 Å². The Hall–Kier alpha value is -3.01. The van der Waals surface area contributed by atoms with Crippen molar-refractivity contribution in [2.75, 3.05) is 6.61 Å². The molecule has 0 radical (unpaired) electrons. The summed E-state index contributed by atoms with van der Waals surface area (Å²) in [5, 5.41) is 14.6. The van der Waals surface area contributed by atoms with Gasteiger partial charge in [0, 0.05) is 63.7 Å². The number of fused-ring (bicyclic) bond motifs is 5. The Morgan fingerprint density at radius 2 is 1.79 bits per heavy atom. The van der Waals surface area contributed by atoms with Gasteiger partial charge in [0.2, 0.25) is 0 Å². The summed E-state index contributed by atoms with van der Waals surface area (Å²) >= 11 is 6.53. The number of rotatable bonds is 4. The van der Waals surface area contributed by atoms with E-state index in [0.717, 1.165) is 21.7 Å². The molecule has 0 atom stereocenters. The van der Waals surface area contributed by atoms with Crippen LogP contribution in [0.2, 0.25) is 5.02 Å². The van der Waals surface area contributed by atoms with Crippen LogP contribution in [0.25, 0.3) is 49.8 Å². The lowest BCUT2D eigenvalue weighted by atomic mass is 9.97. The van der Waals surface area contributed by atoms with Crippen molar-refractivity contribution >= 4 is 50.3 Å². The largest absolute Gasteiger partial charge is 0.396 e. The highest BCUT2D eigenvalue weighted by Gasteiger charge is 2.17. The van der Waals surface area contributed by atoms with Crippen molar-refractivity contribution in [2.24, 2.45) is 7.05 Å². The third kappa shape index (κ3) is 2.86. The number of H-pyrrole nitrogens is 1. The van der Waals surface area contributed by atoms with Crippen LogP contribution < -0.4 is 0 Å². The second-order valence-electron chi connectivity index (χ2n) is 7.33. The standard InChI is InChI=1S/C25H21ClN2O/c1-28-23-12-16(6-4-5-11-29)9-10-18(23)25-21-15-27-14-20(21)19(13-24(25)28)17-7-2-3-8-22(17)26/h2-4,6-10,12-15,27,29H,5,11H2,1H3. The average molecular weight is 401 g/mol. The van der Waals surface area contributed by atoms with Gasteiger partial charge in [-0.05, 0) is 35.7 Å². The maximum atomic E-state index is 9.01. The summed E-state index contributed by atoms with van der Waals surface area (Å²) in [5.74, 6) is 0. The molecule has 0 unspecified atom stereocenters. The molecule has 0 saturated carbocycles. The molecular formula is C25H21ClN2O. The van der Waals surface area contributed by atoms with Gasteiger partial charge in [-0.1, -0.05) is 54.1 Å². The van der Waals surface area contributed by atoms with Crippen molar-refractivity contribution in [3.05, 3.63) is 77.6 Å². The summed E-state index contributed by atoms with van der Waals surface area (Å²) < 4.78 is 2.25. The van der Waals surface area contributed by atoms with Gasteiger partial charge < -0.3 is 14.7 Å². The van der Waals surface area contributed by atoms with E-state index in [9.17, 15) is 0 Å². The van der Waals surface area contributed by atoms with E-state index in [2.05, 4.69) is 65.4 Å². The number of halogens is 1. The van der Waals surface area contributed by atoms with Gasteiger partial charge in [-0.2, -0.15) is 0 Å². The number of aromatic nitrogens is 2. The van der Waals surface area contributed by atoms with E-state index < -0.39 is 0 Å². The van der Waals surface area contributed by atoms with Gasteiger partial charge in [0.05, 0.1) is 5.52 Å². The molecule has 5 rings (SSSR count). The van der Waals surface area contributed by atoms with Crippen molar-refractivity contribution in [3.8, 4) is 11.1 Å². The van der Waals surface area contributed by atoms with Gasteiger partial charge in [-0.25, -0.2) is 0 Å². The van der Waals surface area contributed by atoms with E-state index >= 15 is 0 Å². The molecule has 5 aromatic rings. The molecule has 2 heterocycles. The summed E-state index contributed by atoms with van der Waals surface area (Å²) in [5.41, 5.74) is 5.67. The average Bonchev–Trinajstić information content (AvgIpc) is 3.32. The van der Waals surface area contributed by atoms with Crippen LogP contribution in [0.15, 0.2) is 67.0 Å². The molecule has 2 N–H and O–H groups in total. The molecule has 2 aromatic heterocycles. The van der Waals surface area contributed by atoms with Gasteiger partial charge in [-0.15, -0.1) is 0 Å². The van der Waals surface area contributed by atoms with E-state index in [1.54, 1.807) is 0 Å². The lowest BCUT2D eigenvalue weighted by Gasteiger charge is -2.08. The predicted octanol–water partition coefficient (Wildman–Crippen LogP) is 6.53. The molecule has 29 heavy (non-hydrogen) atoms. The Balaban J connectivity index is 1.83. The number of aliphatic hydroxyl groups is 1. The first kappa shape index (κ1) is 18.0. The molecular weight excluding hydrogens is 380 g/mol. The first-order chi connectivity index (χ1) is 14.2. The van der Waals surface area contributed by atoms with Gasteiger partial charge in [-0.3, -0.25) is 0 Å². The molecule has 0 aliphatic heterocycles. The second-order valence-corrected chi connectivity index (χ2v) is 7.74. The van der Waals surface area contributed by atoms with Crippen molar-refractivity contribution < 1.29 is 5.11 Å². The van der Waals surface area contributed by atoms with Crippen LogP contribution in [-0.4, -0.2) is 21.3 Å². The minimum absolute atomic E-state index is 0.170. The molecule has 0 fully saturated rings. The SMILES string of the molecule is Cn1c2cc(C=CCCO)ccc2c2c3c[nH]cc3c(-c3ccccc3Cl)cc21. The van der Waals surface area contributed by atoms with E-state index in [4.69, 9.17) is 16.7 Å². The quantitative estimate of drug-likeness (QED) is 0.354. The fraction of sp³-hybridized carbons (Fsp3) is 0.120. The Labute approximate surface area is 173 Å². The summed E-state index contributed by atoms with van der Waals surface area (Å²) in [7, 11) is 2.11. The van der Waals surface area contributed by atoms with Gasteiger partial charge in [0.1, 0.15) is 0 Å². The fourth-order valence-electron chi connectivity index (χ4n) is 4.23. The highest BCUT2D eigenvalue weighted by molar-refractivity contribution is 6.34. The zero-order chi connectivity index (χ0) is 20.0. The molecule has 0 amide bonds. The maximum Gasteiger partial charge on any atom is 0.0502 e. The van der Waals surface area contributed by atoms with Crippen molar-refractivity contribution in [1.82, 2.24) is 9.55 Å². The lowest BCUT2D eigenvalue weighted by Crippen LogP contribution is -1.88. The van der Waals surface area contributed by atoms with Gasteiger partial charge in [0.15, 0.2) is 0 Å². The number of hydrogen-bond donors (Lipinski definition) is 2. The molecule has 0 saturated heterocycles. The predicted molar refractivity (Wildman–Crippen MR) is 123 cm³/mol. The van der Waals surface area contributed by atoms with Crippen molar-refractivity contribution in [1.29, 1.82) is 0 Å². The number of hydrogen-bond acceptors (Lipinski definition) is 1. The highest BCUT2D eigenvalue weighted by Crippen LogP contribution is 2.41. The molecule has 3 nitrogen and oxygen atoms in total. The Kier molecular flexibility index (Phi) is 4.42. The minimum Gasteiger partial charge on any atom is -0.396 e. The van der Waals surface area contributed by atoms with Crippen molar-refractivity contribution in [2.45, 2.75) is 6.42 Å². The lowest BCUT2D eigenvalue weighted by molar-refractivity contribution is 0.303.